The van der Waals surface area contributed by atoms with Crippen LogP contribution in [0.5, 0.6) is 17.2 Å². The lowest BCUT2D eigenvalue weighted by molar-refractivity contribution is -0.120. The number of ether oxygens (including phenoxy) is 3. The number of piperidine rings is 1. The van der Waals surface area contributed by atoms with Crippen molar-refractivity contribution in [2.45, 2.75) is 24.7 Å². The van der Waals surface area contributed by atoms with Gasteiger partial charge in [0, 0.05) is 25.2 Å². The van der Waals surface area contributed by atoms with E-state index in [4.69, 9.17) is 25.8 Å². The van der Waals surface area contributed by atoms with E-state index in [-0.39, 0.29) is 17.3 Å². The highest BCUT2D eigenvalue weighted by atomic mass is 35.5. The van der Waals surface area contributed by atoms with Crippen LogP contribution in [0.2, 0.25) is 5.02 Å². The summed E-state index contributed by atoms with van der Waals surface area (Å²) >= 11 is 6.12. The number of nitrogens with zero attached hydrogens (tertiary/aromatic N) is 1. The fraction of sp³-hybridized carbons (Fsp3) is 0.409. The Morgan fingerprint density at radius 1 is 1.16 bits per heavy atom. The third-order valence-electron chi connectivity index (χ3n) is 5.26. The first-order valence-corrected chi connectivity index (χ1v) is 12.1. The van der Waals surface area contributed by atoms with Gasteiger partial charge in [0.05, 0.1) is 42.3 Å². The number of rotatable bonds is 8. The van der Waals surface area contributed by atoms with Crippen molar-refractivity contribution in [2.24, 2.45) is 5.92 Å². The van der Waals surface area contributed by atoms with E-state index in [1.54, 1.807) is 24.3 Å². The van der Waals surface area contributed by atoms with Crippen LogP contribution in [0.25, 0.3) is 0 Å². The number of amides is 1. The van der Waals surface area contributed by atoms with Gasteiger partial charge in [-0.1, -0.05) is 11.6 Å². The summed E-state index contributed by atoms with van der Waals surface area (Å²) in [6.45, 7) is 2.81. The van der Waals surface area contributed by atoms with E-state index in [0.717, 1.165) is 0 Å². The highest BCUT2D eigenvalue weighted by Gasteiger charge is 2.33. The van der Waals surface area contributed by atoms with Gasteiger partial charge in [-0.3, -0.25) is 4.79 Å². The third kappa shape index (κ3) is 5.28. The van der Waals surface area contributed by atoms with E-state index in [1.807, 2.05) is 6.92 Å². The summed E-state index contributed by atoms with van der Waals surface area (Å²) in [5, 5.41) is 3.18. The molecule has 10 heteroatoms. The number of carbonyl (C=O) groups is 1. The number of benzene rings is 2. The van der Waals surface area contributed by atoms with E-state index in [2.05, 4.69) is 5.32 Å². The normalized spacial score (nSPS) is 16.9. The van der Waals surface area contributed by atoms with Crippen molar-refractivity contribution in [3.8, 4) is 17.2 Å². The predicted molar refractivity (Wildman–Crippen MR) is 122 cm³/mol. The molecule has 2 aromatic carbocycles. The van der Waals surface area contributed by atoms with Crippen molar-refractivity contribution in [1.82, 2.24) is 4.31 Å². The van der Waals surface area contributed by atoms with Crippen molar-refractivity contribution in [3.63, 3.8) is 0 Å². The van der Waals surface area contributed by atoms with Gasteiger partial charge >= 0.3 is 0 Å². The van der Waals surface area contributed by atoms with Crippen LogP contribution in [0.1, 0.15) is 19.8 Å². The summed E-state index contributed by atoms with van der Waals surface area (Å²) in [6.07, 6.45) is 1.16. The van der Waals surface area contributed by atoms with E-state index in [0.29, 0.717) is 54.0 Å². The molecule has 0 aliphatic carbocycles. The molecule has 0 radical (unpaired) electrons. The molecule has 174 valence electrons. The molecule has 0 spiro atoms. The maximum Gasteiger partial charge on any atom is 0.243 e. The highest BCUT2D eigenvalue weighted by molar-refractivity contribution is 7.89. The molecule has 1 amide bonds. The monoisotopic (exact) mass is 482 g/mol. The Bertz CT molecular complexity index is 1060. The number of halogens is 1. The zero-order chi connectivity index (χ0) is 23.3. The largest absolute Gasteiger partial charge is 0.495 e. The summed E-state index contributed by atoms with van der Waals surface area (Å²) in [6, 6.07) is 9.44. The maximum absolute atomic E-state index is 13.1. The van der Waals surface area contributed by atoms with Crippen molar-refractivity contribution >= 4 is 33.2 Å². The molecule has 1 N–H and O–H groups in total. The minimum absolute atomic E-state index is 0.0917. The molecule has 2 aromatic rings. The SMILES string of the molecule is CCOc1ccc(S(=O)(=O)N2CCC[C@H](C(=O)Nc3cc(OC)c(Cl)cc3OC)C2)cc1. The molecule has 0 unspecified atom stereocenters. The first-order valence-electron chi connectivity index (χ1n) is 10.3. The number of methoxy groups -OCH3 is 2. The van der Waals surface area contributed by atoms with Crippen LogP contribution in [-0.4, -0.2) is 52.5 Å². The van der Waals surface area contributed by atoms with Crippen molar-refractivity contribution in [3.05, 3.63) is 41.4 Å². The van der Waals surface area contributed by atoms with Gasteiger partial charge in [-0.2, -0.15) is 4.31 Å². The van der Waals surface area contributed by atoms with Gasteiger partial charge in [-0.25, -0.2) is 8.42 Å². The lowest BCUT2D eigenvalue weighted by Crippen LogP contribution is -2.43. The summed E-state index contributed by atoms with van der Waals surface area (Å²) in [4.78, 5) is 13.1. The fourth-order valence-electron chi connectivity index (χ4n) is 3.59. The van der Waals surface area contributed by atoms with Crippen LogP contribution in [0.3, 0.4) is 0 Å². The van der Waals surface area contributed by atoms with E-state index in [9.17, 15) is 13.2 Å². The molecule has 3 rings (SSSR count). The van der Waals surface area contributed by atoms with Crippen LogP contribution >= 0.6 is 11.6 Å². The molecular formula is C22H27ClN2O6S. The number of hydrogen-bond acceptors (Lipinski definition) is 6. The minimum atomic E-state index is -3.73. The number of carbonyl (C=O) groups excluding carboxylic acids is 1. The molecular weight excluding hydrogens is 456 g/mol. The average molecular weight is 483 g/mol. The Labute approximate surface area is 193 Å². The van der Waals surface area contributed by atoms with E-state index in [1.165, 1.54) is 30.7 Å². The van der Waals surface area contributed by atoms with E-state index < -0.39 is 15.9 Å². The van der Waals surface area contributed by atoms with Crippen molar-refractivity contribution < 1.29 is 27.4 Å². The topological polar surface area (TPSA) is 94.2 Å². The van der Waals surface area contributed by atoms with Crippen LogP contribution in [-0.2, 0) is 14.8 Å². The number of sulfonamides is 1. The molecule has 1 heterocycles. The highest BCUT2D eigenvalue weighted by Crippen LogP contribution is 2.36. The van der Waals surface area contributed by atoms with Gasteiger partial charge in [0.15, 0.2) is 0 Å². The standard InChI is InChI=1S/C22H27ClN2O6S/c1-4-31-16-7-9-17(10-8-16)32(27,28)25-11-5-6-15(14-25)22(26)24-19-13-20(29-2)18(23)12-21(19)30-3/h7-10,12-13,15H,4-6,11,14H2,1-3H3,(H,24,26)/t15-/m0/s1. The van der Waals surface area contributed by atoms with Crippen LogP contribution < -0.4 is 19.5 Å². The van der Waals surface area contributed by atoms with Gasteiger partial charge in [0.2, 0.25) is 15.9 Å². The third-order valence-corrected chi connectivity index (χ3v) is 7.43. The number of nitrogens with one attached hydrogen (secondary N) is 1. The van der Waals surface area contributed by atoms with Gasteiger partial charge in [-0.15, -0.1) is 0 Å². The molecule has 1 aliphatic heterocycles. The maximum atomic E-state index is 13.1. The van der Waals surface area contributed by atoms with Gasteiger partial charge in [-0.05, 0) is 44.0 Å². The molecule has 1 saturated heterocycles. The van der Waals surface area contributed by atoms with Crippen LogP contribution in [0, 0.1) is 5.92 Å². The first-order chi connectivity index (χ1) is 15.3. The second-order valence-electron chi connectivity index (χ2n) is 7.28. The molecule has 1 fully saturated rings. The second-order valence-corrected chi connectivity index (χ2v) is 9.63. The zero-order valence-corrected chi connectivity index (χ0v) is 19.8. The molecule has 32 heavy (non-hydrogen) atoms. The quantitative estimate of drug-likeness (QED) is 0.615. The van der Waals surface area contributed by atoms with Crippen molar-refractivity contribution in [1.29, 1.82) is 0 Å². The Morgan fingerprint density at radius 3 is 2.47 bits per heavy atom. The van der Waals surface area contributed by atoms with Gasteiger partial charge < -0.3 is 19.5 Å². The van der Waals surface area contributed by atoms with Crippen molar-refractivity contribution in [2.75, 3.05) is 39.2 Å². The zero-order valence-electron chi connectivity index (χ0n) is 18.3. The van der Waals surface area contributed by atoms with E-state index >= 15 is 0 Å². The summed E-state index contributed by atoms with van der Waals surface area (Å²) in [7, 11) is -0.778. The molecule has 8 nitrogen and oxygen atoms in total. The summed E-state index contributed by atoms with van der Waals surface area (Å²) in [5.41, 5.74) is 0.408. The smallest absolute Gasteiger partial charge is 0.243 e. The molecule has 0 saturated carbocycles. The Morgan fingerprint density at radius 2 is 1.84 bits per heavy atom. The Hall–Kier alpha value is -2.49. The number of hydrogen-bond donors (Lipinski definition) is 1. The second kappa shape index (κ2) is 10.4. The van der Waals surface area contributed by atoms with Crippen LogP contribution in [0.15, 0.2) is 41.3 Å². The summed E-state index contributed by atoms with van der Waals surface area (Å²) in [5.74, 6) is 0.589. The van der Waals surface area contributed by atoms with Crippen LogP contribution in [0.4, 0.5) is 5.69 Å². The Balaban J connectivity index is 1.75. The average Bonchev–Trinajstić information content (AvgIpc) is 2.80. The number of anilines is 1. The molecule has 1 aliphatic rings. The molecule has 0 bridgehead atoms. The minimum Gasteiger partial charge on any atom is -0.495 e. The fourth-order valence-corrected chi connectivity index (χ4v) is 5.35. The lowest BCUT2D eigenvalue weighted by atomic mass is 9.98. The van der Waals surface area contributed by atoms with Gasteiger partial charge in [0.25, 0.3) is 0 Å². The molecule has 0 aromatic heterocycles. The first kappa shape index (κ1) is 24.2. The lowest BCUT2D eigenvalue weighted by Gasteiger charge is -2.31. The summed E-state index contributed by atoms with van der Waals surface area (Å²) < 4.78 is 43.5. The van der Waals surface area contributed by atoms with Gasteiger partial charge in [0.1, 0.15) is 17.2 Å². The Kier molecular flexibility index (Phi) is 7.86. The predicted octanol–water partition coefficient (Wildman–Crippen LogP) is 3.80. The molecule has 1 atom stereocenters.